The molecule has 0 aromatic heterocycles. The Labute approximate surface area is 171 Å². The van der Waals surface area contributed by atoms with Crippen LogP contribution in [0, 0.1) is 0 Å². The number of nitrogens with zero attached hydrogens (tertiary/aromatic N) is 3. The zero-order chi connectivity index (χ0) is 19.6. The van der Waals surface area contributed by atoms with Crippen LogP contribution in [0.3, 0.4) is 0 Å². The molecule has 5 nitrogen and oxygen atoms in total. The van der Waals surface area contributed by atoms with E-state index in [2.05, 4.69) is 64.6 Å². The minimum atomic E-state index is 0.525. The van der Waals surface area contributed by atoms with Crippen LogP contribution in [0.4, 0.5) is 0 Å². The van der Waals surface area contributed by atoms with Gasteiger partial charge in [-0.1, -0.05) is 37.3 Å². The Morgan fingerprint density at radius 2 is 1.79 bits per heavy atom. The van der Waals surface area contributed by atoms with E-state index in [-0.39, 0.29) is 0 Å². The monoisotopic (exact) mass is 385 g/mol. The van der Waals surface area contributed by atoms with Gasteiger partial charge in [0.2, 0.25) is 0 Å². The molecule has 2 aliphatic rings. The fraction of sp³-hybridized carbons (Fsp3) is 0.696. The number of aliphatic imine (C=N–C) groups is 1. The van der Waals surface area contributed by atoms with E-state index in [4.69, 9.17) is 4.99 Å². The first-order valence-corrected chi connectivity index (χ1v) is 11.3. The van der Waals surface area contributed by atoms with Gasteiger partial charge in [-0.2, -0.15) is 0 Å². The summed E-state index contributed by atoms with van der Waals surface area (Å²) in [6.07, 6.45) is 6.24. The molecule has 2 aliphatic heterocycles. The SMILES string of the molecule is CCNC(=NCC(CC)N1CCCC1)NC1CCN(Cc2ccccc2)CC1. The first-order chi connectivity index (χ1) is 13.8. The van der Waals surface area contributed by atoms with Gasteiger partial charge in [0.15, 0.2) is 5.96 Å². The van der Waals surface area contributed by atoms with Gasteiger partial charge in [0.1, 0.15) is 0 Å². The van der Waals surface area contributed by atoms with Crippen LogP contribution in [-0.2, 0) is 6.54 Å². The number of hydrogen-bond donors (Lipinski definition) is 2. The number of likely N-dealkylation sites (tertiary alicyclic amines) is 2. The second kappa shape index (κ2) is 11.4. The van der Waals surface area contributed by atoms with Crippen LogP contribution in [0.5, 0.6) is 0 Å². The molecule has 2 heterocycles. The van der Waals surface area contributed by atoms with Crippen molar-refractivity contribution in [1.29, 1.82) is 0 Å². The summed E-state index contributed by atoms with van der Waals surface area (Å²) in [6.45, 7) is 12.1. The minimum absolute atomic E-state index is 0.525. The molecule has 1 unspecified atom stereocenters. The number of benzene rings is 1. The molecule has 0 bridgehead atoms. The summed E-state index contributed by atoms with van der Waals surface area (Å²) < 4.78 is 0. The molecule has 1 atom stereocenters. The predicted octanol–water partition coefficient (Wildman–Crippen LogP) is 3.08. The van der Waals surface area contributed by atoms with Gasteiger partial charge >= 0.3 is 0 Å². The largest absolute Gasteiger partial charge is 0.357 e. The zero-order valence-electron chi connectivity index (χ0n) is 17.9. The summed E-state index contributed by atoms with van der Waals surface area (Å²) in [5.74, 6) is 1.00. The van der Waals surface area contributed by atoms with E-state index in [1.165, 1.54) is 50.8 Å². The summed E-state index contributed by atoms with van der Waals surface area (Å²) in [5.41, 5.74) is 1.41. The van der Waals surface area contributed by atoms with Gasteiger partial charge in [-0.3, -0.25) is 14.8 Å². The van der Waals surface area contributed by atoms with Crippen molar-refractivity contribution in [3.8, 4) is 0 Å². The number of hydrogen-bond acceptors (Lipinski definition) is 3. The maximum Gasteiger partial charge on any atom is 0.191 e. The van der Waals surface area contributed by atoms with Crippen LogP contribution < -0.4 is 10.6 Å². The second-order valence-electron chi connectivity index (χ2n) is 8.21. The summed E-state index contributed by atoms with van der Waals surface area (Å²) in [4.78, 5) is 10.1. The third-order valence-electron chi connectivity index (χ3n) is 6.11. The maximum absolute atomic E-state index is 4.95. The molecule has 0 saturated carbocycles. The lowest BCUT2D eigenvalue weighted by molar-refractivity contribution is 0.198. The average Bonchev–Trinajstić information content (AvgIpc) is 3.25. The van der Waals surface area contributed by atoms with Crippen molar-refractivity contribution in [3.63, 3.8) is 0 Å². The van der Waals surface area contributed by atoms with E-state index in [9.17, 15) is 0 Å². The molecule has 0 radical (unpaired) electrons. The number of rotatable bonds is 8. The van der Waals surface area contributed by atoms with Gasteiger partial charge in [-0.25, -0.2) is 0 Å². The minimum Gasteiger partial charge on any atom is -0.357 e. The molecular weight excluding hydrogens is 346 g/mol. The lowest BCUT2D eigenvalue weighted by atomic mass is 10.0. The molecule has 0 amide bonds. The topological polar surface area (TPSA) is 42.9 Å². The third-order valence-corrected chi connectivity index (χ3v) is 6.11. The number of nitrogens with one attached hydrogen (secondary N) is 2. The van der Waals surface area contributed by atoms with Crippen LogP contribution >= 0.6 is 0 Å². The molecular formula is C23H39N5. The molecule has 28 heavy (non-hydrogen) atoms. The first-order valence-electron chi connectivity index (χ1n) is 11.3. The Morgan fingerprint density at radius 1 is 1.07 bits per heavy atom. The molecule has 2 saturated heterocycles. The van der Waals surface area contributed by atoms with Crippen molar-refractivity contribution in [1.82, 2.24) is 20.4 Å². The Hall–Kier alpha value is -1.59. The number of guanidine groups is 1. The Bertz CT molecular complexity index is 574. The van der Waals surface area contributed by atoms with Crippen LogP contribution in [0.15, 0.2) is 35.3 Å². The molecule has 1 aromatic carbocycles. The van der Waals surface area contributed by atoms with E-state index in [1.807, 2.05) is 0 Å². The fourth-order valence-corrected chi connectivity index (χ4v) is 4.40. The van der Waals surface area contributed by atoms with Gasteiger partial charge in [0.05, 0.1) is 6.54 Å². The van der Waals surface area contributed by atoms with Crippen molar-refractivity contribution >= 4 is 5.96 Å². The average molecular weight is 386 g/mol. The quantitative estimate of drug-likeness (QED) is 0.533. The van der Waals surface area contributed by atoms with Gasteiger partial charge in [0.25, 0.3) is 0 Å². The normalized spacial score (nSPS) is 21.0. The van der Waals surface area contributed by atoms with Crippen molar-refractivity contribution < 1.29 is 0 Å². The van der Waals surface area contributed by atoms with Crippen molar-refractivity contribution in [2.75, 3.05) is 39.3 Å². The molecule has 3 rings (SSSR count). The lowest BCUT2D eigenvalue weighted by Crippen LogP contribution is -2.49. The van der Waals surface area contributed by atoms with Gasteiger partial charge in [0, 0.05) is 38.3 Å². The van der Waals surface area contributed by atoms with Gasteiger partial charge in [-0.05, 0) is 57.7 Å². The third kappa shape index (κ3) is 6.49. The first kappa shape index (κ1) is 21.1. The van der Waals surface area contributed by atoms with Crippen LogP contribution in [-0.4, -0.2) is 67.1 Å². The zero-order valence-corrected chi connectivity index (χ0v) is 17.9. The molecule has 0 aliphatic carbocycles. The van der Waals surface area contributed by atoms with Gasteiger partial charge in [-0.15, -0.1) is 0 Å². The van der Waals surface area contributed by atoms with Gasteiger partial charge < -0.3 is 10.6 Å². The van der Waals surface area contributed by atoms with Crippen LogP contribution in [0.25, 0.3) is 0 Å². The summed E-state index contributed by atoms with van der Waals surface area (Å²) in [7, 11) is 0. The molecule has 5 heteroatoms. The summed E-state index contributed by atoms with van der Waals surface area (Å²) in [6, 6.07) is 11.9. The molecule has 2 N–H and O–H groups in total. The Kier molecular flexibility index (Phi) is 8.62. The smallest absolute Gasteiger partial charge is 0.191 e. The molecule has 156 valence electrons. The summed E-state index contributed by atoms with van der Waals surface area (Å²) >= 11 is 0. The highest BCUT2D eigenvalue weighted by atomic mass is 15.2. The Balaban J connectivity index is 1.46. The van der Waals surface area contributed by atoms with E-state index in [0.29, 0.717) is 12.1 Å². The predicted molar refractivity (Wildman–Crippen MR) is 119 cm³/mol. The maximum atomic E-state index is 4.95. The van der Waals surface area contributed by atoms with Crippen molar-refractivity contribution in [2.45, 2.75) is 64.6 Å². The van der Waals surface area contributed by atoms with E-state index >= 15 is 0 Å². The molecule has 2 fully saturated rings. The van der Waals surface area contributed by atoms with Crippen LogP contribution in [0.1, 0.15) is 51.5 Å². The lowest BCUT2D eigenvalue weighted by Gasteiger charge is -2.33. The van der Waals surface area contributed by atoms with E-state index < -0.39 is 0 Å². The van der Waals surface area contributed by atoms with E-state index in [1.54, 1.807) is 0 Å². The second-order valence-corrected chi connectivity index (χ2v) is 8.21. The standard InChI is InChI=1S/C23H39N5/c1-3-22(28-14-8-9-15-28)18-25-23(24-4-2)26-21-12-16-27(17-13-21)19-20-10-6-5-7-11-20/h5-7,10-11,21-22H,3-4,8-9,12-19H2,1-2H3,(H2,24,25,26). The van der Waals surface area contributed by atoms with Crippen molar-refractivity contribution in [3.05, 3.63) is 35.9 Å². The highest BCUT2D eigenvalue weighted by molar-refractivity contribution is 5.80. The van der Waals surface area contributed by atoms with Crippen molar-refractivity contribution in [2.24, 2.45) is 4.99 Å². The molecule has 1 aromatic rings. The highest BCUT2D eigenvalue weighted by Crippen LogP contribution is 2.15. The fourth-order valence-electron chi connectivity index (χ4n) is 4.40. The highest BCUT2D eigenvalue weighted by Gasteiger charge is 2.22. The van der Waals surface area contributed by atoms with E-state index in [0.717, 1.165) is 38.7 Å². The Morgan fingerprint density at radius 3 is 2.43 bits per heavy atom. The molecule has 0 spiro atoms. The number of piperidine rings is 1. The van der Waals surface area contributed by atoms with Crippen LogP contribution in [0.2, 0.25) is 0 Å². The summed E-state index contributed by atoms with van der Waals surface area (Å²) in [5, 5.41) is 7.16.